The molecule has 1 aliphatic rings. The minimum atomic E-state index is -2.60. The third-order valence-electron chi connectivity index (χ3n) is 3.98. The summed E-state index contributed by atoms with van der Waals surface area (Å²) in [6.45, 7) is 7.96. The average Bonchev–Trinajstić information content (AvgIpc) is 2.50. The largest absolute Gasteiger partial charge is 0.502 e. The van der Waals surface area contributed by atoms with Gasteiger partial charge in [0.25, 0.3) is 0 Å². The van der Waals surface area contributed by atoms with Gasteiger partial charge in [0.05, 0.1) is 25.9 Å². The first-order valence-corrected chi connectivity index (χ1v) is 9.89. The summed E-state index contributed by atoms with van der Waals surface area (Å²) >= 11 is 0. The summed E-state index contributed by atoms with van der Waals surface area (Å²) in [5.41, 5.74) is 0.212. The number of hydrogen-bond donors (Lipinski definition) is 0. The molecule has 7 heteroatoms. The van der Waals surface area contributed by atoms with E-state index in [1.54, 1.807) is 21.3 Å². The van der Waals surface area contributed by atoms with Crippen LogP contribution in [0.2, 0.25) is 6.04 Å². The van der Waals surface area contributed by atoms with Crippen molar-refractivity contribution in [2.75, 3.05) is 54.4 Å². The van der Waals surface area contributed by atoms with Gasteiger partial charge in [0.1, 0.15) is 0 Å². The Labute approximate surface area is 135 Å². The lowest BCUT2D eigenvalue weighted by Gasteiger charge is -2.37. The molecule has 1 saturated heterocycles. The smallest absolute Gasteiger partial charge is 0.381 e. The van der Waals surface area contributed by atoms with Crippen LogP contribution in [0.3, 0.4) is 0 Å². The van der Waals surface area contributed by atoms with E-state index in [2.05, 4.69) is 6.92 Å². The van der Waals surface area contributed by atoms with Crippen LogP contribution >= 0.6 is 0 Å². The molecule has 6 nitrogen and oxygen atoms in total. The van der Waals surface area contributed by atoms with Gasteiger partial charge in [-0.2, -0.15) is 0 Å². The second-order valence-corrected chi connectivity index (χ2v) is 9.07. The minimum Gasteiger partial charge on any atom is -0.381 e. The highest BCUT2D eigenvalue weighted by molar-refractivity contribution is 6.60. The molecule has 0 aromatic rings. The highest BCUT2D eigenvalue weighted by atomic mass is 28.4. The topological polar surface area (TPSA) is 55.4 Å². The molecular formula is C15H32O6Si. The normalized spacial score (nSPS) is 19.0. The van der Waals surface area contributed by atoms with Crippen molar-refractivity contribution in [1.29, 1.82) is 0 Å². The van der Waals surface area contributed by atoms with Crippen molar-refractivity contribution in [2.24, 2.45) is 5.41 Å². The first kappa shape index (κ1) is 20.0. The van der Waals surface area contributed by atoms with E-state index in [0.717, 1.165) is 39.3 Å². The van der Waals surface area contributed by atoms with Gasteiger partial charge in [-0.1, -0.05) is 6.92 Å². The molecule has 22 heavy (non-hydrogen) atoms. The van der Waals surface area contributed by atoms with Gasteiger partial charge in [0.15, 0.2) is 0 Å². The Hall–Kier alpha value is -0.0231. The molecule has 1 fully saturated rings. The van der Waals surface area contributed by atoms with Crippen LogP contribution in [0, 0.1) is 5.41 Å². The maximum Gasteiger partial charge on any atom is 0.502 e. The Kier molecular flexibility index (Phi) is 9.07. The Bertz CT molecular complexity index is 285. The van der Waals surface area contributed by atoms with Crippen LogP contribution in [0.25, 0.3) is 0 Å². The first-order valence-electron chi connectivity index (χ1n) is 7.95. The summed E-state index contributed by atoms with van der Waals surface area (Å²) in [5, 5.41) is 0. The molecule has 0 spiro atoms. The van der Waals surface area contributed by atoms with Crippen molar-refractivity contribution in [3.05, 3.63) is 0 Å². The van der Waals surface area contributed by atoms with Crippen LogP contribution < -0.4 is 0 Å². The molecule has 0 radical (unpaired) electrons. The molecule has 0 N–H and O–H groups in total. The minimum absolute atomic E-state index is 0.0720. The first-order chi connectivity index (χ1) is 10.5. The van der Waals surface area contributed by atoms with E-state index in [0.29, 0.717) is 12.7 Å². The van der Waals surface area contributed by atoms with Crippen LogP contribution in [0.5, 0.6) is 0 Å². The lowest BCUT2D eigenvalue weighted by Crippen LogP contribution is -2.46. The monoisotopic (exact) mass is 336 g/mol. The van der Waals surface area contributed by atoms with Crippen molar-refractivity contribution in [3.63, 3.8) is 0 Å². The maximum absolute atomic E-state index is 5.80. The van der Waals surface area contributed by atoms with Gasteiger partial charge in [0.2, 0.25) is 0 Å². The standard InChI is InChI=1S/C15H32O6Si/c1-6-21-14(10-22(16-3,17-4)18-5)8-7-9-19-11-15(2)12-20-13-15/h14H,6-13H2,1-5H3. The predicted octanol–water partition coefficient (Wildman–Crippen LogP) is 2.10. The van der Waals surface area contributed by atoms with Crippen molar-refractivity contribution in [3.8, 4) is 0 Å². The fourth-order valence-electron chi connectivity index (χ4n) is 2.52. The Morgan fingerprint density at radius 2 is 1.77 bits per heavy atom. The third kappa shape index (κ3) is 6.23. The molecule has 0 aliphatic carbocycles. The molecule has 0 bridgehead atoms. The number of rotatable bonds is 13. The number of ether oxygens (including phenoxy) is 3. The summed E-state index contributed by atoms with van der Waals surface area (Å²) in [4.78, 5) is 0. The second-order valence-electron chi connectivity index (χ2n) is 6.08. The van der Waals surface area contributed by atoms with Gasteiger partial charge in [-0.3, -0.25) is 0 Å². The van der Waals surface area contributed by atoms with Crippen molar-refractivity contribution in [1.82, 2.24) is 0 Å². The van der Waals surface area contributed by atoms with Crippen molar-refractivity contribution in [2.45, 2.75) is 38.8 Å². The van der Waals surface area contributed by atoms with Crippen molar-refractivity contribution >= 4 is 8.80 Å². The predicted molar refractivity (Wildman–Crippen MR) is 86.0 cm³/mol. The summed E-state index contributed by atoms with van der Waals surface area (Å²) in [6.07, 6.45) is 1.93. The van der Waals surface area contributed by atoms with Crippen LogP contribution in [-0.2, 0) is 27.5 Å². The van der Waals surface area contributed by atoms with Gasteiger partial charge < -0.3 is 27.5 Å². The van der Waals surface area contributed by atoms with Crippen LogP contribution in [0.1, 0.15) is 26.7 Å². The van der Waals surface area contributed by atoms with Crippen LogP contribution in [-0.4, -0.2) is 69.3 Å². The van der Waals surface area contributed by atoms with Gasteiger partial charge in [0, 0.05) is 46.0 Å². The highest BCUT2D eigenvalue weighted by Gasteiger charge is 2.40. The maximum atomic E-state index is 5.80. The average molecular weight is 337 g/mol. The van der Waals surface area contributed by atoms with E-state index >= 15 is 0 Å². The van der Waals surface area contributed by atoms with E-state index in [1.165, 1.54) is 0 Å². The van der Waals surface area contributed by atoms with E-state index in [9.17, 15) is 0 Å². The van der Waals surface area contributed by atoms with Crippen LogP contribution in [0.4, 0.5) is 0 Å². The van der Waals surface area contributed by atoms with Crippen LogP contribution in [0.15, 0.2) is 0 Å². The molecule has 0 aromatic carbocycles. The molecule has 0 aromatic heterocycles. The van der Waals surface area contributed by atoms with Gasteiger partial charge in [-0.05, 0) is 19.8 Å². The molecule has 0 amide bonds. The molecular weight excluding hydrogens is 304 g/mol. The fourth-order valence-corrected chi connectivity index (χ4v) is 4.40. The lowest BCUT2D eigenvalue weighted by atomic mass is 9.90. The molecule has 1 atom stereocenters. The molecule has 132 valence electrons. The third-order valence-corrected chi connectivity index (χ3v) is 6.80. The Morgan fingerprint density at radius 3 is 2.23 bits per heavy atom. The SMILES string of the molecule is CCOC(CCCOCC1(C)COC1)C[Si](OC)(OC)OC. The molecule has 1 aliphatic heterocycles. The second kappa shape index (κ2) is 9.97. The highest BCUT2D eigenvalue weighted by Crippen LogP contribution is 2.26. The zero-order chi connectivity index (χ0) is 16.5. The fraction of sp³-hybridized carbons (Fsp3) is 1.00. The Balaban J connectivity index is 2.27. The van der Waals surface area contributed by atoms with E-state index in [1.807, 2.05) is 6.92 Å². The Morgan fingerprint density at radius 1 is 1.14 bits per heavy atom. The number of hydrogen-bond acceptors (Lipinski definition) is 6. The van der Waals surface area contributed by atoms with Gasteiger partial charge in [-0.15, -0.1) is 0 Å². The van der Waals surface area contributed by atoms with Gasteiger partial charge >= 0.3 is 8.80 Å². The molecule has 1 heterocycles. The van der Waals surface area contributed by atoms with E-state index in [-0.39, 0.29) is 11.5 Å². The lowest BCUT2D eigenvalue weighted by molar-refractivity contribution is -0.138. The summed E-state index contributed by atoms with van der Waals surface area (Å²) < 4.78 is 33.2. The summed E-state index contributed by atoms with van der Waals surface area (Å²) in [5.74, 6) is 0. The molecule has 1 unspecified atom stereocenters. The molecule has 0 saturated carbocycles. The summed E-state index contributed by atoms with van der Waals surface area (Å²) in [7, 11) is 2.30. The molecule has 1 rings (SSSR count). The van der Waals surface area contributed by atoms with E-state index in [4.69, 9.17) is 27.5 Å². The quantitative estimate of drug-likeness (QED) is 0.379. The van der Waals surface area contributed by atoms with E-state index < -0.39 is 8.80 Å². The van der Waals surface area contributed by atoms with Gasteiger partial charge in [-0.25, -0.2) is 0 Å². The van der Waals surface area contributed by atoms with Crippen molar-refractivity contribution < 1.29 is 27.5 Å². The zero-order valence-electron chi connectivity index (χ0n) is 14.7. The zero-order valence-corrected chi connectivity index (χ0v) is 15.7. The summed E-state index contributed by atoms with van der Waals surface area (Å²) in [6, 6.07) is 0.663.